The first-order chi connectivity index (χ1) is 7.11. The molecule has 0 bridgehead atoms. The van der Waals surface area contributed by atoms with Gasteiger partial charge in [0.1, 0.15) is 11.5 Å². The van der Waals surface area contributed by atoms with Crippen LogP contribution in [-0.4, -0.2) is 15.3 Å². The molecule has 2 aromatic rings. The van der Waals surface area contributed by atoms with Crippen molar-refractivity contribution in [3.8, 4) is 0 Å². The summed E-state index contributed by atoms with van der Waals surface area (Å²) in [5.41, 5.74) is 2.30. The van der Waals surface area contributed by atoms with Gasteiger partial charge in [0.25, 0.3) is 5.91 Å². The van der Waals surface area contributed by atoms with Crippen molar-refractivity contribution in [2.45, 2.75) is 0 Å². The number of aromatic nitrogens is 2. The topological polar surface area (TPSA) is 72.4 Å². The first kappa shape index (κ1) is 9.88. The van der Waals surface area contributed by atoms with Crippen molar-refractivity contribution in [1.29, 1.82) is 0 Å². The van der Waals surface area contributed by atoms with Gasteiger partial charge in [-0.25, -0.2) is 15.2 Å². The summed E-state index contributed by atoms with van der Waals surface area (Å²) in [6, 6.07) is 1.12. The van der Waals surface area contributed by atoms with Gasteiger partial charge in [0.2, 0.25) is 0 Å². The van der Waals surface area contributed by atoms with Gasteiger partial charge in [-0.15, -0.1) is 0 Å². The molecule has 0 saturated carbocycles. The van der Waals surface area contributed by atoms with Crippen LogP contribution >= 0.6 is 11.6 Å². The lowest BCUT2D eigenvalue weighted by Crippen LogP contribution is -2.30. The zero-order chi connectivity index (χ0) is 11.0. The van der Waals surface area contributed by atoms with Crippen LogP contribution in [-0.2, 0) is 0 Å². The molecule has 7 heteroatoms. The van der Waals surface area contributed by atoms with Crippen LogP contribution in [0.3, 0.4) is 0 Å². The molecule has 0 atom stereocenters. The highest BCUT2D eigenvalue weighted by atomic mass is 35.5. The van der Waals surface area contributed by atoms with E-state index in [1.54, 1.807) is 0 Å². The Hall–Kier alpha value is -1.66. The van der Waals surface area contributed by atoms with E-state index in [-0.39, 0.29) is 10.7 Å². The van der Waals surface area contributed by atoms with Crippen LogP contribution in [0.15, 0.2) is 18.5 Å². The van der Waals surface area contributed by atoms with Crippen molar-refractivity contribution < 1.29 is 9.18 Å². The van der Waals surface area contributed by atoms with Crippen LogP contribution in [0, 0.1) is 5.82 Å². The molecule has 0 aliphatic heterocycles. The van der Waals surface area contributed by atoms with E-state index in [2.05, 4.69) is 4.98 Å². The SMILES string of the molecule is NNC(=O)c1cn2cc(F)cc(Cl)c2n1. The quantitative estimate of drug-likeness (QED) is 0.429. The van der Waals surface area contributed by atoms with Crippen LogP contribution in [0.4, 0.5) is 4.39 Å². The Labute approximate surface area is 88.6 Å². The van der Waals surface area contributed by atoms with Crippen molar-refractivity contribution in [3.05, 3.63) is 35.0 Å². The zero-order valence-electron chi connectivity index (χ0n) is 7.37. The average Bonchev–Trinajstić information content (AvgIpc) is 2.60. The highest BCUT2D eigenvalue weighted by Gasteiger charge is 2.11. The fraction of sp³-hybridized carbons (Fsp3) is 0. The Morgan fingerprint density at radius 2 is 2.33 bits per heavy atom. The monoisotopic (exact) mass is 228 g/mol. The number of carbonyl (C=O) groups is 1. The zero-order valence-corrected chi connectivity index (χ0v) is 8.12. The maximum atomic E-state index is 12.9. The number of amides is 1. The summed E-state index contributed by atoms with van der Waals surface area (Å²) in [4.78, 5) is 15.0. The molecule has 2 aromatic heterocycles. The van der Waals surface area contributed by atoms with Crippen molar-refractivity contribution in [3.63, 3.8) is 0 Å². The second kappa shape index (κ2) is 3.48. The number of carbonyl (C=O) groups excluding carboxylic acids is 1. The number of nitrogens with zero attached hydrogens (tertiary/aromatic N) is 2. The molecule has 0 aromatic carbocycles. The number of pyridine rings is 1. The van der Waals surface area contributed by atoms with Gasteiger partial charge in [0.15, 0.2) is 5.65 Å². The molecule has 0 aliphatic rings. The molecule has 2 heterocycles. The molecule has 0 aliphatic carbocycles. The summed E-state index contributed by atoms with van der Waals surface area (Å²) < 4.78 is 14.3. The van der Waals surface area contributed by atoms with Gasteiger partial charge in [0.05, 0.1) is 5.02 Å². The molecule has 78 valence electrons. The smallest absolute Gasteiger partial charge is 0.285 e. The highest BCUT2D eigenvalue weighted by Crippen LogP contribution is 2.18. The minimum atomic E-state index is -0.560. The van der Waals surface area contributed by atoms with Gasteiger partial charge in [-0.1, -0.05) is 11.6 Å². The molecule has 2 rings (SSSR count). The van der Waals surface area contributed by atoms with Crippen LogP contribution in [0.5, 0.6) is 0 Å². The number of nitrogens with two attached hydrogens (primary N) is 1. The maximum Gasteiger partial charge on any atom is 0.285 e. The Morgan fingerprint density at radius 3 is 3.00 bits per heavy atom. The lowest BCUT2D eigenvalue weighted by atomic mass is 10.4. The number of fused-ring (bicyclic) bond motifs is 1. The number of rotatable bonds is 1. The third-order valence-electron chi connectivity index (χ3n) is 1.84. The summed E-state index contributed by atoms with van der Waals surface area (Å²) in [5.74, 6) is 3.87. The van der Waals surface area contributed by atoms with E-state index in [0.717, 1.165) is 6.07 Å². The first-order valence-corrected chi connectivity index (χ1v) is 4.34. The van der Waals surface area contributed by atoms with Gasteiger partial charge in [0, 0.05) is 12.4 Å². The molecule has 0 unspecified atom stereocenters. The maximum absolute atomic E-state index is 12.9. The Balaban J connectivity index is 2.65. The second-order valence-electron chi connectivity index (χ2n) is 2.84. The summed E-state index contributed by atoms with van der Waals surface area (Å²) >= 11 is 5.74. The largest absolute Gasteiger partial charge is 0.302 e. The molecule has 15 heavy (non-hydrogen) atoms. The van der Waals surface area contributed by atoms with Gasteiger partial charge < -0.3 is 4.40 Å². The predicted molar refractivity (Wildman–Crippen MR) is 51.8 cm³/mol. The molecule has 0 radical (unpaired) electrons. The number of halogens is 2. The number of hydrogen-bond donors (Lipinski definition) is 2. The van der Waals surface area contributed by atoms with Crippen molar-refractivity contribution >= 4 is 23.2 Å². The number of hydrazine groups is 1. The molecule has 0 saturated heterocycles. The molecule has 3 N–H and O–H groups in total. The summed E-state index contributed by atoms with van der Waals surface area (Å²) in [6.07, 6.45) is 2.51. The average molecular weight is 229 g/mol. The van der Waals surface area contributed by atoms with Crippen molar-refractivity contribution in [1.82, 2.24) is 14.8 Å². The normalized spacial score (nSPS) is 10.6. The Kier molecular flexibility index (Phi) is 2.29. The number of nitrogens with one attached hydrogen (secondary N) is 1. The van der Waals surface area contributed by atoms with Crippen molar-refractivity contribution in [2.75, 3.05) is 0 Å². The summed E-state index contributed by atoms with van der Waals surface area (Å²) in [7, 11) is 0. The minimum Gasteiger partial charge on any atom is -0.302 e. The van der Waals surface area contributed by atoms with Crippen LogP contribution in [0.2, 0.25) is 5.02 Å². The van der Waals surface area contributed by atoms with E-state index < -0.39 is 11.7 Å². The third-order valence-corrected chi connectivity index (χ3v) is 2.11. The Morgan fingerprint density at radius 1 is 1.60 bits per heavy atom. The Bertz CT molecular complexity index is 539. The number of hydrogen-bond acceptors (Lipinski definition) is 3. The van der Waals surface area contributed by atoms with Crippen molar-refractivity contribution in [2.24, 2.45) is 5.84 Å². The standard InChI is InChI=1S/C8H6ClFN4O/c9-5-1-4(10)2-14-3-6(8(15)13-11)12-7(5)14/h1-3H,11H2,(H,13,15). The second-order valence-corrected chi connectivity index (χ2v) is 3.24. The molecular weight excluding hydrogens is 223 g/mol. The summed E-state index contributed by atoms with van der Waals surface area (Å²) in [5, 5.41) is 0.131. The van der Waals surface area contributed by atoms with Gasteiger partial charge in [-0.05, 0) is 6.07 Å². The number of nitrogen functional groups attached to an aromatic ring is 1. The van der Waals surface area contributed by atoms with Crippen LogP contribution in [0.1, 0.15) is 10.5 Å². The van der Waals surface area contributed by atoms with Gasteiger partial charge in [-0.2, -0.15) is 0 Å². The molecule has 0 spiro atoms. The van der Waals surface area contributed by atoms with E-state index >= 15 is 0 Å². The molecular formula is C8H6ClFN4O. The number of imidazole rings is 1. The molecule has 0 fully saturated rings. The minimum absolute atomic E-state index is 0.0741. The molecule has 1 amide bonds. The predicted octanol–water partition coefficient (Wildman–Crippen LogP) is 0.730. The molecule has 5 nitrogen and oxygen atoms in total. The fourth-order valence-electron chi connectivity index (χ4n) is 1.21. The van der Waals surface area contributed by atoms with E-state index in [1.165, 1.54) is 16.8 Å². The third kappa shape index (κ3) is 1.64. The van der Waals surface area contributed by atoms with Gasteiger partial charge in [-0.3, -0.25) is 10.2 Å². The van der Waals surface area contributed by atoms with E-state index in [4.69, 9.17) is 17.4 Å². The fourth-order valence-corrected chi connectivity index (χ4v) is 1.45. The van der Waals surface area contributed by atoms with Crippen LogP contribution in [0.25, 0.3) is 5.65 Å². The lowest BCUT2D eigenvalue weighted by Gasteiger charge is -1.94. The van der Waals surface area contributed by atoms with E-state index in [0.29, 0.717) is 5.65 Å². The van der Waals surface area contributed by atoms with E-state index in [9.17, 15) is 9.18 Å². The van der Waals surface area contributed by atoms with Crippen LogP contribution < -0.4 is 11.3 Å². The highest BCUT2D eigenvalue weighted by molar-refractivity contribution is 6.33. The van der Waals surface area contributed by atoms with E-state index in [1.807, 2.05) is 5.43 Å². The first-order valence-electron chi connectivity index (χ1n) is 3.96. The lowest BCUT2D eigenvalue weighted by molar-refractivity contribution is 0.0949. The van der Waals surface area contributed by atoms with Gasteiger partial charge >= 0.3 is 0 Å². The summed E-state index contributed by atoms with van der Waals surface area (Å²) in [6.45, 7) is 0.